The molecule has 0 aliphatic carbocycles. The summed E-state index contributed by atoms with van der Waals surface area (Å²) < 4.78 is 20.6. The van der Waals surface area contributed by atoms with Crippen LogP contribution in [0.5, 0.6) is 0 Å². The number of hydrogen-bond donors (Lipinski definition) is 0. The summed E-state index contributed by atoms with van der Waals surface area (Å²) in [7, 11) is -2.17. The van der Waals surface area contributed by atoms with E-state index in [9.17, 15) is 4.57 Å². The molecule has 0 N–H and O–H groups in total. The minimum Gasteiger partial charge on any atom is -0.311 e. The second-order valence-corrected chi connectivity index (χ2v) is 3.38. The number of unbranched alkanes of at least 4 members (excludes halogenated alkanes) is 1. The van der Waals surface area contributed by atoms with E-state index in [4.69, 9.17) is 9.05 Å². The molecule has 0 rings (SSSR count). The Morgan fingerprint density at radius 1 is 1.09 bits per heavy atom. The van der Waals surface area contributed by atoms with E-state index < -0.39 is 8.25 Å². The highest BCUT2D eigenvalue weighted by Crippen LogP contribution is 2.23. The van der Waals surface area contributed by atoms with E-state index >= 15 is 0 Å². The first-order valence-corrected chi connectivity index (χ1v) is 5.33. The summed E-state index contributed by atoms with van der Waals surface area (Å²) in [6, 6.07) is 0. The van der Waals surface area contributed by atoms with Gasteiger partial charge in [0, 0.05) is 0 Å². The Bertz CT molecular complexity index is 106. The Balaban J connectivity index is 3.09. The minimum absolute atomic E-state index is 0.532. The molecule has 0 saturated carbocycles. The third-order valence-corrected chi connectivity index (χ3v) is 2.02. The van der Waals surface area contributed by atoms with E-state index in [0.29, 0.717) is 13.2 Å². The topological polar surface area (TPSA) is 35.5 Å². The van der Waals surface area contributed by atoms with E-state index in [1.807, 2.05) is 6.92 Å². The Morgan fingerprint density at radius 3 is 2.27 bits per heavy atom. The van der Waals surface area contributed by atoms with Crippen LogP contribution in [0.25, 0.3) is 0 Å². The molecule has 0 heterocycles. The van der Waals surface area contributed by atoms with Crippen molar-refractivity contribution in [2.75, 3.05) is 13.2 Å². The molecule has 0 amide bonds. The van der Waals surface area contributed by atoms with Gasteiger partial charge in [-0.1, -0.05) is 20.3 Å². The monoisotopic (exact) mass is 180 g/mol. The fraction of sp³-hybridized carbons (Fsp3) is 1.00. The zero-order valence-corrected chi connectivity index (χ0v) is 8.26. The van der Waals surface area contributed by atoms with Gasteiger partial charge in [-0.25, -0.2) is 0 Å². The SMILES string of the molecule is CCCCO[PH](=O)OCCC. The standard InChI is InChI=1S/C7H17O3P/c1-3-5-7-10-11(8)9-6-4-2/h11H,3-7H2,1-2H3. The highest BCUT2D eigenvalue weighted by atomic mass is 31.1. The number of hydrogen-bond acceptors (Lipinski definition) is 3. The third kappa shape index (κ3) is 8.05. The molecule has 0 aromatic heterocycles. The normalized spacial score (nSPS) is 13.3. The van der Waals surface area contributed by atoms with Crippen LogP contribution in [0.3, 0.4) is 0 Å². The zero-order chi connectivity index (χ0) is 8.53. The fourth-order valence-electron chi connectivity index (χ4n) is 0.527. The lowest BCUT2D eigenvalue weighted by atomic mass is 10.4. The van der Waals surface area contributed by atoms with Crippen molar-refractivity contribution in [3.8, 4) is 0 Å². The van der Waals surface area contributed by atoms with Crippen molar-refractivity contribution in [3.05, 3.63) is 0 Å². The summed E-state index contributed by atoms with van der Waals surface area (Å²) >= 11 is 0. The van der Waals surface area contributed by atoms with Gasteiger partial charge in [0.05, 0.1) is 13.2 Å². The van der Waals surface area contributed by atoms with E-state index in [1.165, 1.54) is 0 Å². The largest absolute Gasteiger partial charge is 0.319 e. The van der Waals surface area contributed by atoms with Crippen LogP contribution in [0.4, 0.5) is 0 Å². The van der Waals surface area contributed by atoms with Crippen LogP contribution >= 0.6 is 8.25 Å². The maximum absolute atomic E-state index is 10.8. The third-order valence-electron chi connectivity index (χ3n) is 1.14. The Kier molecular flexibility index (Phi) is 8.36. The van der Waals surface area contributed by atoms with Gasteiger partial charge in [0.1, 0.15) is 0 Å². The van der Waals surface area contributed by atoms with E-state index in [2.05, 4.69) is 6.92 Å². The molecular weight excluding hydrogens is 163 g/mol. The highest BCUT2D eigenvalue weighted by molar-refractivity contribution is 7.33. The molecule has 0 aromatic rings. The van der Waals surface area contributed by atoms with E-state index in [-0.39, 0.29) is 0 Å². The molecule has 3 nitrogen and oxygen atoms in total. The van der Waals surface area contributed by atoms with Gasteiger partial charge in [-0.15, -0.1) is 0 Å². The van der Waals surface area contributed by atoms with Crippen LogP contribution < -0.4 is 0 Å². The van der Waals surface area contributed by atoms with Crippen LogP contribution in [-0.4, -0.2) is 13.2 Å². The maximum atomic E-state index is 10.8. The van der Waals surface area contributed by atoms with Crippen molar-refractivity contribution in [1.82, 2.24) is 0 Å². The van der Waals surface area contributed by atoms with Gasteiger partial charge in [0.15, 0.2) is 0 Å². The summed E-state index contributed by atoms with van der Waals surface area (Å²) in [4.78, 5) is 0. The zero-order valence-electron chi connectivity index (χ0n) is 7.26. The molecule has 1 atom stereocenters. The van der Waals surface area contributed by atoms with Crippen molar-refractivity contribution in [3.63, 3.8) is 0 Å². The number of rotatable bonds is 7. The minimum atomic E-state index is -2.17. The maximum Gasteiger partial charge on any atom is 0.319 e. The summed E-state index contributed by atoms with van der Waals surface area (Å²) in [5, 5.41) is 0. The molecule has 0 bridgehead atoms. The summed E-state index contributed by atoms with van der Waals surface area (Å²) in [5.74, 6) is 0. The summed E-state index contributed by atoms with van der Waals surface area (Å²) in [6.45, 7) is 5.12. The predicted molar refractivity (Wildman–Crippen MR) is 46.1 cm³/mol. The first-order chi connectivity index (χ1) is 5.31. The lowest BCUT2D eigenvalue weighted by Crippen LogP contribution is -1.89. The molecule has 0 radical (unpaired) electrons. The van der Waals surface area contributed by atoms with Crippen molar-refractivity contribution in [2.24, 2.45) is 0 Å². The average molecular weight is 180 g/mol. The molecule has 0 spiro atoms. The van der Waals surface area contributed by atoms with E-state index in [1.54, 1.807) is 0 Å². The summed E-state index contributed by atoms with van der Waals surface area (Å²) in [6.07, 6.45) is 2.89. The van der Waals surface area contributed by atoms with Crippen LogP contribution in [-0.2, 0) is 13.6 Å². The second-order valence-electron chi connectivity index (χ2n) is 2.30. The molecule has 11 heavy (non-hydrogen) atoms. The molecule has 0 aliphatic heterocycles. The van der Waals surface area contributed by atoms with Gasteiger partial charge in [-0.3, -0.25) is 4.57 Å². The first kappa shape index (κ1) is 11.2. The van der Waals surface area contributed by atoms with E-state index in [0.717, 1.165) is 19.3 Å². The van der Waals surface area contributed by atoms with Crippen molar-refractivity contribution >= 4 is 8.25 Å². The van der Waals surface area contributed by atoms with Crippen molar-refractivity contribution in [1.29, 1.82) is 0 Å². The van der Waals surface area contributed by atoms with Crippen LogP contribution in [0.15, 0.2) is 0 Å². The highest BCUT2D eigenvalue weighted by Gasteiger charge is 1.96. The van der Waals surface area contributed by atoms with Gasteiger partial charge < -0.3 is 9.05 Å². The van der Waals surface area contributed by atoms with Crippen LogP contribution in [0, 0.1) is 0 Å². The van der Waals surface area contributed by atoms with Gasteiger partial charge in [-0.2, -0.15) is 0 Å². The van der Waals surface area contributed by atoms with Crippen molar-refractivity contribution in [2.45, 2.75) is 33.1 Å². The lowest BCUT2D eigenvalue weighted by molar-refractivity contribution is 0.223. The molecule has 4 heteroatoms. The van der Waals surface area contributed by atoms with Crippen molar-refractivity contribution < 1.29 is 13.6 Å². The first-order valence-electron chi connectivity index (χ1n) is 4.10. The fourth-order valence-corrected chi connectivity index (χ4v) is 1.29. The Morgan fingerprint density at radius 2 is 1.73 bits per heavy atom. The molecular formula is C7H17O3P. The second kappa shape index (κ2) is 8.25. The molecule has 1 unspecified atom stereocenters. The summed E-state index contributed by atoms with van der Waals surface area (Å²) in [5.41, 5.74) is 0. The van der Waals surface area contributed by atoms with Crippen LogP contribution in [0.2, 0.25) is 0 Å². The lowest BCUT2D eigenvalue weighted by Gasteiger charge is -2.02. The molecule has 0 aliphatic rings. The molecule has 0 fully saturated rings. The van der Waals surface area contributed by atoms with Gasteiger partial charge in [-0.05, 0) is 12.8 Å². The quantitative estimate of drug-likeness (QED) is 0.446. The van der Waals surface area contributed by atoms with Gasteiger partial charge >= 0.3 is 8.25 Å². The smallest absolute Gasteiger partial charge is 0.311 e. The van der Waals surface area contributed by atoms with Crippen LogP contribution in [0.1, 0.15) is 33.1 Å². The Hall–Kier alpha value is 0.150. The molecule has 68 valence electrons. The molecule has 0 saturated heterocycles. The molecule has 0 aromatic carbocycles. The Labute approximate surface area is 69.0 Å². The van der Waals surface area contributed by atoms with Gasteiger partial charge in [0.25, 0.3) is 0 Å². The van der Waals surface area contributed by atoms with Gasteiger partial charge in [0.2, 0.25) is 0 Å². The average Bonchev–Trinajstić information content (AvgIpc) is 2.01. The predicted octanol–water partition coefficient (Wildman–Crippen LogP) is 2.62.